The van der Waals surface area contributed by atoms with E-state index in [9.17, 15) is 4.79 Å². The van der Waals surface area contributed by atoms with Crippen LogP contribution in [0.2, 0.25) is 0 Å². The van der Waals surface area contributed by atoms with Gasteiger partial charge in [-0.2, -0.15) is 0 Å². The molecule has 0 fully saturated rings. The first-order valence-corrected chi connectivity index (χ1v) is 11.1. The molecule has 1 aliphatic rings. The molecule has 0 saturated heterocycles. The molecule has 27 heavy (non-hydrogen) atoms. The first-order chi connectivity index (χ1) is 13.2. The molecule has 0 N–H and O–H groups in total. The van der Waals surface area contributed by atoms with Crippen LogP contribution in [0.25, 0.3) is 0 Å². The summed E-state index contributed by atoms with van der Waals surface area (Å²) in [5.74, 6) is 0.552. The second kappa shape index (κ2) is 12.8. The Hall–Kier alpha value is -1.57. The number of unbranched alkanes of at least 4 members (excludes halogenated alkanes) is 6. The first kappa shape index (κ1) is 21.7. The number of rotatable bonds is 13. The van der Waals surface area contributed by atoms with Gasteiger partial charge in [-0.3, -0.25) is 4.79 Å². The lowest BCUT2D eigenvalue weighted by molar-refractivity contribution is -0.140. The summed E-state index contributed by atoms with van der Waals surface area (Å²) >= 11 is 0. The van der Waals surface area contributed by atoms with Crippen molar-refractivity contribution in [1.82, 2.24) is 0 Å². The van der Waals surface area contributed by atoms with Crippen molar-refractivity contribution in [2.24, 2.45) is 0 Å². The number of ether oxygens (including phenoxy) is 1. The van der Waals surface area contributed by atoms with E-state index in [0.29, 0.717) is 12.3 Å². The van der Waals surface area contributed by atoms with Crippen LogP contribution in [0, 0.1) is 0 Å². The minimum atomic E-state index is -0.0811. The third-order valence-electron chi connectivity index (χ3n) is 5.83. The number of hydrogen-bond donors (Lipinski definition) is 0. The molecular weight excluding hydrogens is 332 g/mol. The molecule has 0 aromatic heterocycles. The van der Waals surface area contributed by atoms with Gasteiger partial charge in [-0.15, -0.1) is 0 Å². The normalized spacial score (nSPS) is 16.4. The number of benzene rings is 1. The van der Waals surface area contributed by atoms with Crippen molar-refractivity contribution in [3.8, 4) is 0 Å². The highest BCUT2D eigenvalue weighted by Crippen LogP contribution is 2.38. The maximum atomic E-state index is 11.1. The van der Waals surface area contributed by atoms with Crippen molar-refractivity contribution >= 4 is 5.97 Å². The summed E-state index contributed by atoms with van der Waals surface area (Å²) in [7, 11) is 1.47. The van der Waals surface area contributed by atoms with Crippen molar-refractivity contribution in [2.75, 3.05) is 7.11 Å². The van der Waals surface area contributed by atoms with Crippen molar-refractivity contribution in [2.45, 2.75) is 96.3 Å². The molecule has 0 amide bonds. The SMILES string of the molecule is CCCCCCc1ccc(C2CCC=C2CCCCCCC(=O)OC)cc1. The standard InChI is InChI=1S/C25H38O2/c1-3-4-5-8-12-21-17-19-23(20-18-21)24-15-11-14-22(24)13-9-6-7-10-16-25(26)27-2/h14,17-20,24H,3-13,15-16H2,1-2H3. The molecule has 0 saturated carbocycles. The van der Waals surface area contributed by atoms with Crippen molar-refractivity contribution in [3.05, 3.63) is 47.0 Å². The van der Waals surface area contributed by atoms with Crippen molar-refractivity contribution in [3.63, 3.8) is 0 Å². The Labute approximate surface area is 166 Å². The summed E-state index contributed by atoms with van der Waals surface area (Å²) in [4.78, 5) is 11.1. The largest absolute Gasteiger partial charge is 0.469 e. The molecular formula is C25H38O2. The van der Waals surface area contributed by atoms with Gasteiger partial charge in [-0.05, 0) is 56.1 Å². The van der Waals surface area contributed by atoms with Gasteiger partial charge in [-0.1, -0.05) is 74.9 Å². The van der Waals surface area contributed by atoms with Gasteiger partial charge in [0.1, 0.15) is 0 Å². The predicted molar refractivity (Wildman–Crippen MR) is 114 cm³/mol. The van der Waals surface area contributed by atoms with Crippen LogP contribution in [0.3, 0.4) is 0 Å². The molecule has 2 heteroatoms. The lowest BCUT2D eigenvalue weighted by Crippen LogP contribution is -2.00. The second-order valence-corrected chi connectivity index (χ2v) is 7.95. The van der Waals surface area contributed by atoms with Crippen LogP contribution in [0.5, 0.6) is 0 Å². The van der Waals surface area contributed by atoms with Crippen LogP contribution in [0.4, 0.5) is 0 Å². The van der Waals surface area contributed by atoms with Crippen molar-refractivity contribution < 1.29 is 9.53 Å². The summed E-state index contributed by atoms with van der Waals surface area (Å²) in [5, 5.41) is 0. The molecule has 1 aliphatic carbocycles. The summed E-state index contributed by atoms with van der Waals surface area (Å²) in [6, 6.07) is 9.44. The van der Waals surface area contributed by atoms with Crippen molar-refractivity contribution in [1.29, 1.82) is 0 Å². The van der Waals surface area contributed by atoms with Gasteiger partial charge in [0.2, 0.25) is 0 Å². The average Bonchev–Trinajstić information content (AvgIpc) is 3.16. The molecule has 1 aromatic rings. The first-order valence-electron chi connectivity index (χ1n) is 11.1. The topological polar surface area (TPSA) is 26.3 Å². The molecule has 2 nitrogen and oxygen atoms in total. The van der Waals surface area contributed by atoms with E-state index in [4.69, 9.17) is 4.74 Å². The predicted octanol–water partition coefficient (Wildman–Crippen LogP) is 7.13. The average molecular weight is 371 g/mol. The Balaban J connectivity index is 1.71. The number of carbonyl (C=O) groups is 1. The number of methoxy groups -OCH3 is 1. The molecule has 1 atom stereocenters. The fraction of sp³-hybridized carbons (Fsp3) is 0.640. The Morgan fingerprint density at radius 3 is 2.41 bits per heavy atom. The summed E-state index contributed by atoms with van der Waals surface area (Å²) in [6.07, 6.45) is 17.8. The van der Waals surface area contributed by atoms with E-state index in [1.807, 2.05) is 0 Å². The molecule has 1 unspecified atom stereocenters. The fourth-order valence-electron chi connectivity index (χ4n) is 4.15. The number of hydrogen-bond acceptors (Lipinski definition) is 2. The Morgan fingerprint density at radius 2 is 1.67 bits per heavy atom. The van der Waals surface area contributed by atoms with E-state index in [2.05, 4.69) is 37.3 Å². The van der Waals surface area contributed by atoms with Crippen LogP contribution in [-0.2, 0) is 16.0 Å². The Bertz CT molecular complexity index is 570. The van der Waals surface area contributed by atoms with E-state index in [1.54, 1.807) is 5.57 Å². The quantitative estimate of drug-likeness (QED) is 0.210. The van der Waals surface area contributed by atoms with Gasteiger partial charge in [0.15, 0.2) is 0 Å². The zero-order chi connectivity index (χ0) is 19.3. The van der Waals surface area contributed by atoms with Gasteiger partial charge >= 0.3 is 5.97 Å². The zero-order valence-corrected chi connectivity index (χ0v) is 17.5. The highest BCUT2D eigenvalue weighted by molar-refractivity contribution is 5.68. The molecule has 0 radical (unpaired) electrons. The van der Waals surface area contributed by atoms with Crippen LogP contribution in [0.15, 0.2) is 35.9 Å². The summed E-state index contributed by atoms with van der Waals surface area (Å²) < 4.78 is 4.69. The molecule has 0 heterocycles. The molecule has 2 rings (SSSR count). The minimum Gasteiger partial charge on any atom is -0.469 e. The van der Waals surface area contributed by atoms with Gasteiger partial charge in [0.25, 0.3) is 0 Å². The zero-order valence-electron chi connectivity index (χ0n) is 17.5. The maximum absolute atomic E-state index is 11.1. The van der Waals surface area contributed by atoms with Crippen LogP contribution < -0.4 is 0 Å². The Kier molecular flexibility index (Phi) is 10.3. The van der Waals surface area contributed by atoms with Gasteiger partial charge < -0.3 is 4.74 Å². The molecule has 0 aliphatic heterocycles. The number of aryl methyl sites for hydroxylation is 1. The fourth-order valence-corrected chi connectivity index (χ4v) is 4.15. The number of carbonyl (C=O) groups excluding carboxylic acids is 1. The Morgan fingerprint density at radius 1 is 0.963 bits per heavy atom. The maximum Gasteiger partial charge on any atom is 0.305 e. The van der Waals surface area contributed by atoms with Crippen LogP contribution in [-0.4, -0.2) is 13.1 Å². The minimum absolute atomic E-state index is 0.0811. The van der Waals surface area contributed by atoms with Gasteiger partial charge in [0, 0.05) is 12.3 Å². The third kappa shape index (κ3) is 7.91. The van der Waals surface area contributed by atoms with E-state index in [1.165, 1.54) is 82.4 Å². The second-order valence-electron chi connectivity index (χ2n) is 7.95. The molecule has 0 bridgehead atoms. The third-order valence-corrected chi connectivity index (χ3v) is 5.83. The highest BCUT2D eigenvalue weighted by Gasteiger charge is 2.20. The van der Waals surface area contributed by atoms with Gasteiger partial charge in [-0.25, -0.2) is 0 Å². The molecule has 150 valence electrons. The van der Waals surface area contributed by atoms with E-state index in [0.717, 1.165) is 12.8 Å². The summed E-state index contributed by atoms with van der Waals surface area (Å²) in [5.41, 5.74) is 4.63. The molecule has 0 spiro atoms. The van der Waals surface area contributed by atoms with Gasteiger partial charge in [0.05, 0.1) is 7.11 Å². The molecule has 1 aromatic carbocycles. The lowest BCUT2D eigenvalue weighted by atomic mass is 9.89. The van der Waals surface area contributed by atoms with Crippen LogP contribution in [0.1, 0.15) is 101 Å². The van der Waals surface area contributed by atoms with E-state index < -0.39 is 0 Å². The smallest absolute Gasteiger partial charge is 0.305 e. The monoisotopic (exact) mass is 370 g/mol. The lowest BCUT2D eigenvalue weighted by Gasteiger charge is -2.16. The highest BCUT2D eigenvalue weighted by atomic mass is 16.5. The van der Waals surface area contributed by atoms with E-state index in [-0.39, 0.29) is 5.97 Å². The summed E-state index contributed by atoms with van der Waals surface area (Å²) in [6.45, 7) is 2.27. The van der Waals surface area contributed by atoms with E-state index >= 15 is 0 Å². The van der Waals surface area contributed by atoms with Crippen LogP contribution >= 0.6 is 0 Å². The number of allylic oxidation sites excluding steroid dienone is 2. The number of esters is 1.